The lowest BCUT2D eigenvalue weighted by Gasteiger charge is -2.25. The van der Waals surface area contributed by atoms with Crippen LogP contribution in [0.3, 0.4) is 0 Å². The Bertz CT molecular complexity index is 315. The summed E-state index contributed by atoms with van der Waals surface area (Å²) < 4.78 is 0. The van der Waals surface area contributed by atoms with Gasteiger partial charge in [0.2, 0.25) is 0 Å². The number of nitrogens with zero attached hydrogens (tertiary/aromatic N) is 1. The Balaban J connectivity index is 2.94. The highest BCUT2D eigenvalue weighted by Crippen LogP contribution is 2.29. The standard InChI is InChI=1S/C12H15NO/c1-2-8-12(14,9-10-13)11-6-4-3-5-7-11/h3-7,14H,2,8-9H2,1H3. The Kier molecular flexibility index (Phi) is 3.67. The Labute approximate surface area is 84.8 Å². The van der Waals surface area contributed by atoms with Crippen LogP contribution in [0.4, 0.5) is 0 Å². The van der Waals surface area contributed by atoms with Crippen molar-refractivity contribution >= 4 is 0 Å². The van der Waals surface area contributed by atoms with Crippen LogP contribution >= 0.6 is 0 Å². The number of hydrogen-bond donors (Lipinski definition) is 1. The van der Waals surface area contributed by atoms with Crippen LogP contribution in [-0.2, 0) is 5.60 Å². The minimum Gasteiger partial charge on any atom is -0.384 e. The molecule has 74 valence electrons. The van der Waals surface area contributed by atoms with E-state index in [-0.39, 0.29) is 6.42 Å². The van der Waals surface area contributed by atoms with Gasteiger partial charge < -0.3 is 5.11 Å². The highest BCUT2D eigenvalue weighted by Gasteiger charge is 2.27. The Hall–Kier alpha value is -1.33. The molecule has 0 aliphatic rings. The molecule has 0 aliphatic carbocycles. The van der Waals surface area contributed by atoms with E-state index in [4.69, 9.17) is 5.26 Å². The molecule has 1 aromatic rings. The van der Waals surface area contributed by atoms with Gasteiger partial charge in [0.05, 0.1) is 12.5 Å². The van der Waals surface area contributed by atoms with Gasteiger partial charge in [-0.05, 0) is 12.0 Å². The van der Waals surface area contributed by atoms with Crippen LogP contribution < -0.4 is 0 Å². The Morgan fingerprint density at radius 3 is 2.50 bits per heavy atom. The van der Waals surface area contributed by atoms with Gasteiger partial charge in [-0.2, -0.15) is 5.26 Å². The van der Waals surface area contributed by atoms with Crippen molar-refractivity contribution in [3.8, 4) is 6.07 Å². The zero-order valence-electron chi connectivity index (χ0n) is 8.40. The minimum atomic E-state index is -0.967. The molecule has 0 aromatic heterocycles. The fraction of sp³-hybridized carbons (Fsp3) is 0.417. The van der Waals surface area contributed by atoms with Gasteiger partial charge in [-0.15, -0.1) is 0 Å². The number of hydrogen-bond acceptors (Lipinski definition) is 2. The second-order valence-electron chi connectivity index (χ2n) is 3.48. The molecule has 0 aliphatic heterocycles. The summed E-state index contributed by atoms with van der Waals surface area (Å²) in [6.07, 6.45) is 1.66. The molecule has 0 heterocycles. The fourth-order valence-electron chi connectivity index (χ4n) is 1.63. The lowest BCUT2D eigenvalue weighted by molar-refractivity contribution is 0.0314. The lowest BCUT2D eigenvalue weighted by Crippen LogP contribution is -2.24. The normalized spacial score (nSPS) is 14.4. The minimum absolute atomic E-state index is 0.158. The van der Waals surface area contributed by atoms with Gasteiger partial charge in [-0.1, -0.05) is 43.7 Å². The summed E-state index contributed by atoms with van der Waals surface area (Å²) in [5.74, 6) is 0. The quantitative estimate of drug-likeness (QED) is 0.791. The van der Waals surface area contributed by atoms with E-state index in [2.05, 4.69) is 0 Å². The van der Waals surface area contributed by atoms with Crippen molar-refractivity contribution < 1.29 is 5.11 Å². The summed E-state index contributed by atoms with van der Waals surface area (Å²) >= 11 is 0. The average molecular weight is 189 g/mol. The highest BCUT2D eigenvalue weighted by molar-refractivity contribution is 5.23. The first-order chi connectivity index (χ1) is 6.73. The monoisotopic (exact) mass is 189 g/mol. The van der Waals surface area contributed by atoms with Crippen LogP contribution in [0.2, 0.25) is 0 Å². The van der Waals surface area contributed by atoms with Crippen LogP contribution in [0.15, 0.2) is 30.3 Å². The molecule has 1 rings (SSSR count). The summed E-state index contributed by atoms with van der Waals surface area (Å²) in [4.78, 5) is 0. The molecule has 1 N–H and O–H groups in total. The van der Waals surface area contributed by atoms with Crippen molar-refractivity contribution in [2.45, 2.75) is 31.8 Å². The second-order valence-corrected chi connectivity index (χ2v) is 3.48. The first-order valence-corrected chi connectivity index (χ1v) is 4.88. The Morgan fingerprint density at radius 2 is 2.00 bits per heavy atom. The molecule has 2 heteroatoms. The summed E-state index contributed by atoms with van der Waals surface area (Å²) in [5, 5.41) is 18.9. The lowest BCUT2D eigenvalue weighted by atomic mass is 9.87. The Morgan fingerprint density at radius 1 is 1.36 bits per heavy atom. The smallest absolute Gasteiger partial charge is 0.103 e. The maximum Gasteiger partial charge on any atom is 0.103 e. The predicted molar refractivity (Wildman–Crippen MR) is 55.5 cm³/mol. The average Bonchev–Trinajstić information content (AvgIpc) is 2.20. The van der Waals surface area contributed by atoms with E-state index < -0.39 is 5.60 Å². The molecule has 0 bridgehead atoms. The number of benzene rings is 1. The maximum absolute atomic E-state index is 10.3. The third-order valence-corrected chi connectivity index (χ3v) is 2.35. The largest absolute Gasteiger partial charge is 0.384 e. The van der Waals surface area contributed by atoms with Gasteiger partial charge in [-0.3, -0.25) is 0 Å². The van der Waals surface area contributed by atoms with Gasteiger partial charge >= 0.3 is 0 Å². The van der Waals surface area contributed by atoms with E-state index in [0.29, 0.717) is 6.42 Å². The highest BCUT2D eigenvalue weighted by atomic mass is 16.3. The molecular weight excluding hydrogens is 174 g/mol. The van der Waals surface area contributed by atoms with E-state index in [0.717, 1.165) is 12.0 Å². The van der Waals surface area contributed by atoms with E-state index >= 15 is 0 Å². The van der Waals surface area contributed by atoms with Crippen LogP contribution in [-0.4, -0.2) is 5.11 Å². The molecule has 0 amide bonds. The fourth-order valence-corrected chi connectivity index (χ4v) is 1.63. The molecule has 0 saturated carbocycles. The number of aliphatic hydroxyl groups is 1. The van der Waals surface area contributed by atoms with E-state index in [1.54, 1.807) is 0 Å². The van der Waals surface area contributed by atoms with Crippen molar-refractivity contribution in [3.63, 3.8) is 0 Å². The summed E-state index contributed by atoms with van der Waals surface area (Å²) in [5.41, 5.74) is -0.131. The second kappa shape index (κ2) is 4.78. The van der Waals surface area contributed by atoms with Crippen LogP contribution in [0, 0.1) is 11.3 Å². The third-order valence-electron chi connectivity index (χ3n) is 2.35. The van der Waals surface area contributed by atoms with Crippen molar-refractivity contribution in [1.82, 2.24) is 0 Å². The molecule has 1 aromatic carbocycles. The topological polar surface area (TPSA) is 44.0 Å². The molecule has 0 fully saturated rings. The zero-order valence-corrected chi connectivity index (χ0v) is 8.40. The van der Waals surface area contributed by atoms with Crippen LogP contribution in [0.1, 0.15) is 31.7 Å². The summed E-state index contributed by atoms with van der Waals surface area (Å²) in [6.45, 7) is 2.01. The third kappa shape index (κ3) is 2.34. The van der Waals surface area contributed by atoms with Gasteiger partial charge in [0.1, 0.15) is 5.60 Å². The zero-order chi connectivity index (χ0) is 10.4. The summed E-state index contributed by atoms with van der Waals surface area (Å²) in [7, 11) is 0. The molecule has 1 atom stereocenters. The first-order valence-electron chi connectivity index (χ1n) is 4.88. The van der Waals surface area contributed by atoms with Gasteiger partial charge in [0.25, 0.3) is 0 Å². The van der Waals surface area contributed by atoms with Gasteiger partial charge in [0, 0.05) is 0 Å². The molecular formula is C12H15NO. The molecule has 1 unspecified atom stereocenters. The van der Waals surface area contributed by atoms with Gasteiger partial charge in [0.15, 0.2) is 0 Å². The maximum atomic E-state index is 10.3. The van der Waals surface area contributed by atoms with Crippen molar-refractivity contribution in [3.05, 3.63) is 35.9 Å². The summed E-state index contributed by atoms with van der Waals surface area (Å²) in [6, 6.07) is 11.4. The first kappa shape index (κ1) is 10.7. The van der Waals surface area contributed by atoms with E-state index in [1.165, 1.54) is 0 Å². The molecule has 0 radical (unpaired) electrons. The number of nitriles is 1. The van der Waals surface area contributed by atoms with E-state index in [1.807, 2.05) is 43.3 Å². The predicted octanol–water partition coefficient (Wildman–Crippen LogP) is 2.59. The van der Waals surface area contributed by atoms with Crippen molar-refractivity contribution in [1.29, 1.82) is 5.26 Å². The SMILES string of the molecule is CCCC(O)(CC#N)c1ccccc1. The molecule has 0 saturated heterocycles. The van der Waals surface area contributed by atoms with Crippen molar-refractivity contribution in [2.24, 2.45) is 0 Å². The van der Waals surface area contributed by atoms with Crippen LogP contribution in [0.25, 0.3) is 0 Å². The van der Waals surface area contributed by atoms with Gasteiger partial charge in [-0.25, -0.2) is 0 Å². The van der Waals surface area contributed by atoms with Crippen LogP contribution in [0.5, 0.6) is 0 Å². The molecule has 2 nitrogen and oxygen atoms in total. The number of rotatable bonds is 4. The molecule has 14 heavy (non-hydrogen) atoms. The van der Waals surface area contributed by atoms with Crippen molar-refractivity contribution in [2.75, 3.05) is 0 Å². The molecule has 0 spiro atoms. The van der Waals surface area contributed by atoms with E-state index in [9.17, 15) is 5.11 Å².